The third-order valence-electron chi connectivity index (χ3n) is 1.53. The number of esters is 1. The lowest BCUT2D eigenvalue weighted by atomic mass is 10.5. The summed E-state index contributed by atoms with van der Waals surface area (Å²) in [5, 5.41) is 2.68. The molecule has 102 valence electrons. The van der Waals surface area contributed by atoms with Crippen molar-refractivity contribution >= 4 is 13.8 Å². The summed E-state index contributed by atoms with van der Waals surface area (Å²) in [6, 6.07) is 0. The number of nitrogens with one attached hydrogen (secondary N) is 1. The Labute approximate surface area is 103 Å². The lowest BCUT2D eigenvalue weighted by molar-refractivity contribution is -0.145. The van der Waals surface area contributed by atoms with Crippen LogP contribution >= 0.6 is 7.87 Å². The molecule has 0 aromatic carbocycles. The fourth-order valence-corrected chi connectivity index (χ4v) is 2.78. The molecule has 0 saturated carbocycles. The summed E-state index contributed by atoms with van der Waals surface area (Å²) < 4.78 is 15.2. The van der Waals surface area contributed by atoms with Crippen molar-refractivity contribution in [2.75, 3.05) is 20.0 Å². The number of hydrogen-bond donors (Lipinski definition) is 2. The van der Waals surface area contributed by atoms with Gasteiger partial charge in [0.05, 0.1) is 6.10 Å². The maximum absolute atomic E-state index is 11.3. The maximum atomic E-state index is 11.3. The second kappa shape index (κ2) is 7.95. The molecule has 0 aromatic heterocycles. The molecular weight excluding hydrogens is 245 g/mol. The van der Waals surface area contributed by atoms with E-state index in [1.807, 2.05) is 0 Å². The zero-order chi connectivity index (χ0) is 13.5. The normalized spacial score (nSPS) is 15.1. The van der Waals surface area contributed by atoms with Gasteiger partial charge in [0.1, 0.15) is 12.6 Å². The lowest BCUT2D eigenvalue weighted by Gasteiger charge is -2.20. The van der Waals surface area contributed by atoms with E-state index in [0.29, 0.717) is 0 Å². The number of ether oxygens (including phenoxy) is 2. The van der Waals surface area contributed by atoms with E-state index in [-0.39, 0.29) is 25.1 Å². The van der Waals surface area contributed by atoms with Crippen molar-refractivity contribution in [1.82, 2.24) is 5.09 Å². The molecule has 0 rings (SSSR count). The highest BCUT2D eigenvalue weighted by Gasteiger charge is 2.40. The van der Waals surface area contributed by atoms with Crippen LogP contribution in [-0.4, -0.2) is 43.1 Å². The molecule has 0 fully saturated rings. The molecule has 0 bridgehead atoms. The molecule has 0 aliphatic heterocycles. The maximum Gasteiger partial charge on any atom is 0.371 e. The summed E-state index contributed by atoms with van der Waals surface area (Å²) in [7, 11) is -1.43. The van der Waals surface area contributed by atoms with E-state index in [1.54, 1.807) is 27.7 Å². The molecule has 2 N–H and O–H groups in total. The number of carbonyl (C=O) groups excluding carboxylic acids is 1. The fraction of sp³-hybridized carbons (Fsp3) is 0.900. The second-order valence-corrected chi connectivity index (χ2v) is 6.34. The third kappa shape index (κ3) is 8.46. The fourth-order valence-electron chi connectivity index (χ4n) is 1.13. The first-order chi connectivity index (χ1) is 7.79. The van der Waals surface area contributed by atoms with E-state index in [2.05, 4.69) is 5.09 Å². The van der Waals surface area contributed by atoms with Crippen LogP contribution in [-0.2, 0) is 18.8 Å². The van der Waals surface area contributed by atoms with Gasteiger partial charge in [-0.15, -0.1) is 5.09 Å². The van der Waals surface area contributed by atoms with Crippen LogP contribution < -0.4 is 5.09 Å². The predicted octanol–water partition coefficient (Wildman–Crippen LogP) is 1.31. The summed E-state index contributed by atoms with van der Waals surface area (Å²) in [4.78, 5) is 21.4. The highest BCUT2D eigenvalue weighted by Crippen LogP contribution is 2.51. The zero-order valence-electron chi connectivity index (χ0n) is 11.1. The summed E-state index contributed by atoms with van der Waals surface area (Å²) in [5.41, 5.74) is 0. The van der Waals surface area contributed by atoms with Gasteiger partial charge in [-0.25, -0.2) is 0 Å². The van der Waals surface area contributed by atoms with E-state index >= 15 is 0 Å². The Morgan fingerprint density at radius 3 is 2.29 bits per heavy atom. The van der Waals surface area contributed by atoms with Crippen molar-refractivity contribution in [3.8, 4) is 0 Å². The van der Waals surface area contributed by atoms with E-state index in [1.165, 1.54) is 7.11 Å². The molecule has 1 atom stereocenters. The topological polar surface area (TPSA) is 77.0 Å². The minimum Gasteiger partial charge on any atom is -0.462 e. The Kier molecular flexibility index (Phi) is 7.83. The van der Waals surface area contributed by atoms with Gasteiger partial charge in [-0.3, -0.25) is 4.79 Å². The largest absolute Gasteiger partial charge is 0.462 e. The van der Waals surface area contributed by atoms with Crippen LogP contribution in [0.15, 0.2) is 0 Å². The van der Waals surface area contributed by atoms with Gasteiger partial charge in [0.15, 0.2) is 0 Å². The van der Waals surface area contributed by atoms with E-state index in [0.717, 1.165) is 0 Å². The van der Waals surface area contributed by atoms with Gasteiger partial charge < -0.3 is 9.47 Å². The van der Waals surface area contributed by atoms with Crippen molar-refractivity contribution in [2.24, 2.45) is 0 Å². The number of methoxy groups -OCH3 is 1. The van der Waals surface area contributed by atoms with Crippen LogP contribution in [0.1, 0.15) is 27.7 Å². The molecule has 1 unspecified atom stereocenters. The Morgan fingerprint density at radius 1 is 1.29 bits per heavy atom. The summed E-state index contributed by atoms with van der Waals surface area (Å²) in [6.07, 6.45) is -0.304. The van der Waals surface area contributed by atoms with Gasteiger partial charge in [-0.1, -0.05) is 0 Å². The highest BCUT2D eigenvalue weighted by atomic mass is 31.2. The van der Waals surface area contributed by atoms with Crippen molar-refractivity contribution in [3.63, 3.8) is 0 Å². The zero-order valence-corrected chi connectivity index (χ0v) is 12.0. The molecule has 0 amide bonds. The highest BCUT2D eigenvalue weighted by molar-refractivity contribution is 7.63. The minimum absolute atomic E-state index is 0.0279. The Bertz CT molecular complexity index is 237. The summed E-state index contributed by atoms with van der Waals surface area (Å²) in [6.45, 7) is 7.03. The van der Waals surface area contributed by atoms with Crippen molar-refractivity contribution < 1.29 is 23.7 Å². The molecule has 0 aliphatic rings. The van der Waals surface area contributed by atoms with E-state index in [4.69, 9.17) is 14.0 Å². The molecule has 0 saturated heterocycles. The predicted molar refractivity (Wildman–Crippen MR) is 66.5 cm³/mol. The number of carbonyl (C=O) groups is 1. The standard InChI is InChI=1S/C10H23NO5P/c1-8(2)15-10(12)6-11-17(13,7-14-5)16-9(3)4/h8-9,11,13H,6-7H2,1-5H3/q+1. The average molecular weight is 268 g/mol. The molecule has 6 nitrogen and oxygen atoms in total. The van der Waals surface area contributed by atoms with Crippen molar-refractivity contribution in [1.29, 1.82) is 0 Å². The Morgan fingerprint density at radius 2 is 1.88 bits per heavy atom. The first-order valence-electron chi connectivity index (χ1n) is 5.52. The van der Waals surface area contributed by atoms with Crippen LogP contribution in [0.2, 0.25) is 0 Å². The third-order valence-corrected chi connectivity index (χ3v) is 3.56. The molecule has 0 aromatic rings. The van der Waals surface area contributed by atoms with Crippen LogP contribution in [0.3, 0.4) is 0 Å². The van der Waals surface area contributed by atoms with Crippen LogP contribution in [0.25, 0.3) is 0 Å². The quantitative estimate of drug-likeness (QED) is 0.510. The molecule has 0 spiro atoms. The van der Waals surface area contributed by atoms with Crippen LogP contribution in [0.4, 0.5) is 0 Å². The molecule has 17 heavy (non-hydrogen) atoms. The molecule has 0 heterocycles. The molecule has 0 radical (unpaired) electrons. The Balaban J connectivity index is 4.20. The summed E-state index contributed by atoms with van der Waals surface area (Å²) in [5.74, 6) is -0.429. The molecule has 0 aliphatic carbocycles. The van der Waals surface area contributed by atoms with E-state index < -0.39 is 13.8 Å². The van der Waals surface area contributed by atoms with Gasteiger partial charge in [-0.2, -0.15) is 9.42 Å². The Hall–Kier alpha value is -0.260. The van der Waals surface area contributed by atoms with Gasteiger partial charge in [0.2, 0.25) is 6.35 Å². The monoisotopic (exact) mass is 268 g/mol. The number of rotatable bonds is 8. The smallest absolute Gasteiger partial charge is 0.371 e. The number of hydrogen-bond acceptors (Lipinski definition) is 6. The molecule has 7 heteroatoms. The van der Waals surface area contributed by atoms with Crippen LogP contribution in [0, 0.1) is 0 Å². The second-order valence-electron chi connectivity index (χ2n) is 4.15. The minimum atomic E-state index is -2.90. The lowest BCUT2D eigenvalue weighted by Crippen LogP contribution is -2.30. The van der Waals surface area contributed by atoms with Crippen molar-refractivity contribution in [3.05, 3.63) is 0 Å². The SMILES string of the molecule is COC[P+](O)(NCC(=O)OC(C)C)OC(C)C. The first kappa shape index (κ1) is 16.7. The van der Waals surface area contributed by atoms with Gasteiger partial charge >= 0.3 is 13.8 Å². The summed E-state index contributed by atoms with van der Waals surface area (Å²) >= 11 is 0. The van der Waals surface area contributed by atoms with Gasteiger partial charge in [0, 0.05) is 7.11 Å². The van der Waals surface area contributed by atoms with Crippen molar-refractivity contribution in [2.45, 2.75) is 39.9 Å². The average Bonchev–Trinajstić information content (AvgIpc) is 2.13. The van der Waals surface area contributed by atoms with Gasteiger partial charge in [0.25, 0.3) is 0 Å². The van der Waals surface area contributed by atoms with E-state index in [9.17, 15) is 9.69 Å². The van der Waals surface area contributed by atoms with Gasteiger partial charge in [-0.05, 0) is 27.7 Å². The van der Waals surface area contributed by atoms with Crippen LogP contribution in [0.5, 0.6) is 0 Å². The molecular formula is C10H23NO5P+. The first-order valence-corrected chi connectivity index (χ1v) is 7.36.